The fourth-order valence-electron chi connectivity index (χ4n) is 2.02. The van der Waals surface area contributed by atoms with Crippen LogP contribution in [0.5, 0.6) is 0 Å². The standard InChI is InChI=1S/C16H14F4N2O2S2/c1-3-9-7-10(14(23)24-2)13(26-9)22-15(25)21-12-6-8(16(18,19)20)4-5-11(12)17/h4-7H,3H2,1-2H3,(H2,21,22,25). The van der Waals surface area contributed by atoms with Crippen LogP contribution in [0.1, 0.15) is 27.7 Å². The summed E-state index contributed by atoms with van der Waals surface area (Å²) >= 11 is 6.27. The number of hydrogen-bond donors (Lipinski definition) is 2. The molecule has 0 radical (unpaired) electrons. The number of hydrogen-bond acceptors (Lipinski definition) is 4. The SMILES string of the molecule is CCc1cc(C(=O)OC)c(NC(=S)Nc2cc(C(F)(F)F)ccc2F)s1. The molecule has 0 unspecified atom stereocenters. The molecule has 10 heteroatoms. The Bertz CT molecular complexity index is 834. The third-order valence-corrected chi connectivity index (χ3v) is 4.70. The number of methoxy groups -OCH3 is 1. The third kappa shape index (κ3) is 4.70. The average molecular weight is 406 g/mol. The molecule has 2 aromatic rings. The van der Waals surface area contributed by atoms with Gasteiger partial charge in [-0.1, -0.05) is 6.92 Å². The molecule has 26 heavy (non-hydrogen) atoms. The zero-order chi connectivity index (χ0) is 19.5. The number of esters is 1. The Balaban J connectivity index is 2.22. The van der Waals surface area contributed by atoms with Gasteiger partial charge in [-0.25, -0.2) is 9.18 Å². The van der Waals surface area contributed by atoms with Gasteiger partial charge in [0.25, 0.3) is 0 Å². The van der Waals surface area contributed by atoms with Gasteiger partial charge >= 0.3 is 12.1 Å². The highest BCUT2D eigenvalue weighted by Crippen LogP contribution is 2.32. The van der Waals surface area contributed by atoms with Crippen molar-refractivity contribution in [3.8, 4) is 0 Å². The molecule has 2 rings (SSSR count). The molecular formula is C16H14F4N2O2S2. The first-order valence-electron chi connectivity index (χ1n) is 7.31. The summed E-state index contributed by atoms with van der Waals surface area (Å²) in [6, 6.07) is 3.59. The molecule has 0 amide bonds. The lowest BCUT2D eigenvalue weighted by Crippen LogP contribution is -2.21. The fourth-order valence-corrected chi connectivity index (χ4v) is 3.29. The summed E-state index contributed by atoms with van der Waals surface area (Å²) in [7, 11) is 1.23. The second kappa shape index (κ2) is 8.00. The predicted molar refractivity (Wildman–Crippen MR) is 96.3 cm³/mol. The number of nitrogens with one attached hydrogen (secondary N) is 2. The first-order valence-corrected chi connectivity index (χ1v) is 8.54. The minimum Gasteiger partial charge on any atom is -0.465 e. The maximum absolute atomic E-state index is 13.8. The van der Waals surface area contributed by atoms with Crippen molar-refractivity contribution in [1.82, 2.24) is 0 Å². The zero-order valence-electron chi connectivity index (χ0n) is 13.7. The summed E-state index contributed by atoms with van der Waals surface area (Å²) in [5.41, 5.74) is -1.20. The summed E-state index contributed by atoms with van der Waals surface area (Å²) in [4.78, 5) is 12.7. The lowest BCUT2D eigenvalue weighted by Gasteiger charge is -2.13. The number of rotatable bonds is 4. The van der Waals surface area contributed by atoms with Crippen molar-refractivity contribution in [3.63, 3.8) is 0 Å². The summed E-state index contributed by atoms with van der Waals surface area (Å²) in [6.45, 7) is 1.89. The molecular weight excluding hydrogens is 392 g/mol. The number of thiophene rings is 1. The predicted octanol–water partition coefficient (Wildman–Crippen LogP) is 5.06. The second-order valence-electron chi connectivity index (χ2n) is 5.07. The summed E-state index contributed by atoms with van der Waals surface area (Å²) in [6.07, 6.45) is -3.94. The van der Waals surface area contributed by atoms with Gasteiger partial charge in [-0.3, -0.25) is 0 Å². The van der Waals surface area contributed by atoms with Gasteiger partial charge in [0, 0.05) is 4.88 Å². The van der Waals surface area contributed by atoms with Crippen LogP contribution in [0, 0.1) is 5.82 Å². The van der Waals surface area contributed by atoms with Crippen molar-refractivity contribution in [2.45, 2.75) is 19.5 Å². The quantitative estimate of drug-likeness (QED) is 0.422. The van der Waals surface area contributed by atoms with Crippen molar-refractivity contribution in [2.75, 3.05) is 17.7 Å². The third-order valence-electron chi connectivity index (χ3n) is 3.31. The summed E-state index contributed by atoms with van der Waals surface area (Å²) in [5.74, 6) is -1.48. The minimum atomic E-state index is -4.61. The highest BCUT2D eigenvalue weighted by Gasteiger charge is 2.31. The van der Waals surface area contributed by atoms with Gasteiger partial charge in [0.15, 0.2) is 5.11 Å². The number of aryl methyl sites for hydroxylation is 1. The smallest absolute Gasteiger partial charge is 0.416 e. The molecule has 4 nitrogen and oxygen atoms in total. The Morgan fingerprint density at radius 2 is 1.96 bits per heavy atom. The number of ether oxygens (including phenoxy) is 1. The molecule has 0 saturated heterocycles. The number of thiocarbonyl (C=S) groups is 1. The highest BCUT2D eigenvalue weighted by atomic mass is 32.1. The maximum Gasteiger partial charge on any atom is 0.416 e. The van der Waals surface area contributed by atoms with E-state index in [-0.39, 0.29) is 10.7 Å². The number of benzene rings is 1. The van der Waals surface area contributed by atoms with Crippen LogP contribution in [0.25, 0.3) is 0 Å². The van der Waals surface area contributed by atoms with Crippen LogP contribution in [-0.4, -0.2) is 18.2 Å². The normalized spacial score (nSPS) is 11.2. The lowest BCUT2D eigenvalue weighted by molar-refractivity contribution is -0.137. The molecule has 0 aliphatic rings. The van der Waals surface area contributed by atoms with Gasteiger partial charge in [0.1, 0.15) is 10.8 Å². The first kappa shape index (κ1) is 20.1. The van der Waals surface area contributed by atoms with Crippen molar-refractivity contribution in [2.24, 2.45) is 0 Å². The zero-order valence-corrected chi connectivity index (χ0v) is 15.3. The molecule has 0 bridgehead atoms. The maximum atomic E-state index is 13.8. The molecule has 0 spiro atoms. The van der Waals surface area contributed by atoms with Crippen LogP contribution in [0.3, 0.4) is 0 Å². The molecule has 0 fully saturated rings. The molecule has 1 heterocycles. The summed E-state index contributed by atoms with van der Waals surface area (Å²) in [5, 5.41) is 5.29. The second-order valence-corrected chi connectivity index (χ2v) is 6.62. The number of anilines is 2. The Morgan fingerprint density at radius 3 is 2.54 bits per heavy atom. The van der Waals surface area contributed by atoms with E-state index >= 15 is 0 Å². The number of carbonyl (C=O) groups is 1. The average Bonchev–Trinajstić information content (AvgIpc) is 2.98. The van der Waals surface area contributed by atoms with Crippen molar-refractivity contribution in [3.05, 3.63) is 46.1 Å². The molecule has 140 valence electrons. The van der Waals surface area contributed by atoms with Crippen LogP contribution >= 0.6 is 23.6 Å². The highest BCUT2D eigenvalue weighted by molar-refractivity contribution is 7.80. The van der Waals surface area contributed by atoms with Gasteiger partial charge in [0.2, 0.25) is 0 Å². The Morgan fingerprint density at radius 1 is 1.27 bits per heavy atom. The molecule has 0 aliphatic heterocycles. The van der Waals surface area contributed by atoms with Crippen LogP contribution in [0.2, 0.25) is 0 Å². The lowest BCUT2D eigenvalue weighted by atomic mass is 10.2. The van der Waals surface area contributed by atoms with E-state index in [1.165, 1.54) is 18.4 Å². The number of alkyl halides is 3. The van der Waals surface area contributed by atoms with Gasteiger partial charge in [0.05, 0.1) is 23.9 Å². The van der Waals surface area contributed by atoms with Gasteiger partial charge in [-0.2, -0.15) is 13.2 Å². The van der Waals surface area contributed by atoms with E-state index in [2.05, 4.69) is 15.4 Å². The first-order chi connectivity index (χ1) is 12.2. The van der Waals surface area contributed by atoms with E-state index in [0.29, 0.717) is 29.6 Å². The van der Waals surface area contributed by atoms with E-state index in [1.807, 2.05) is 6.92 Å². The molecule has 1 aromatic heterocycles. The Labute approximate surface area is 156 Å². The van der Waals surface area contributed by atoms with Crippen LogP contribution in [0.4, 0.5) is 28.3 Å². The summed E-state index contributed by atoms with van der Waals surface area (Å²) < 4.78 is 56.7. The fraction of sp³-hybridized carbons (Fsp3) is 0.250. The monoisotopic (exact) mass is 406 g/mol. The topological polar surface area (TPSA) is 50.4 Å². The van der Waals surface area contributed by atoms with Crippen LogP contribution < -0.4 is 10.6 Å². The number of halogens is 4. The van der Waals surface area contributed by atoms with E-state index < -0.39 is 29.2 Å². The molecule has 0 saturated carbocycles. The number of carbonyl (C=O) groups excluding carboxylic acids is 1. The van der Waals surface area contributed by atoms with Crippen LogP contribution in [0.15, 0.2) is 24.3 Å². The van der Waals surface area contributed by atoms with Gasteiger partial charge < -0.3 is 15.4 Å². The van der Waals surface area contributed by atoms with E-state index in [0.717, 1.165) is 4.88 Å². The Kier molecular flexibility index (Phi) is 6.19. The van der Waals surface area contributed by atoms with Gasteiger partial charge in [-0.15, -0.1) is 11.3 Å². The van der Waals surface area contributed by atoms with Crippen molar-refractivity contribution >= 4 is 45.3 Å². The molecule has 0 atom stereocenters. The van der Waals surface area contributed by atoms with E-state index in [4.69, 9.17) is 12.2 Å². The molecule has 0 aliphatic carbocycles. The largest absolute Gasteiger partial charge is 0.465 e. The van der Waals surface area contributed by atoms with Crippen LogP contribution in [-0.2, 0) is 17.3 Å². The minimum absolute atomic E-state index is 0.155. The molecule has 1 aromatic carbocycles. The van der Waals surface area contributed by atoms with Crippen molar-refractivity contribution < 1.29 is 27.1 Å². The Hall–Kier alpha value is -2.20. The van der Waals surface area contributed by atoms with E-state index in [1.54, 1.807) is 6.07 Å². The van der Waals surface area contributed by atoms with Gasteiger partial charge in [-0.05, 0) is 42.9 Å². The van der Waals surface area contributed by atoms with Crippen molar-refractivity contribution in [1.29, 1.82) is 0 Å². The van der Waals surface area contributed by atoms with E-state index in [9.17, 15) is 22.4 Å². The molecule has 2 N–H and O–H groups in total.